The van der Waals surface area contributed by atoms with Gasteiger partial charge in [-0.2, -0.15) is 13.2 Å². The van der Waals surface area contributed by atoms with E-state index in [0.717, 1.165) is 42.4 Å². The van der Waals surface area contributed by atoms with Gasteiger partial charge in [0.2, 0.25) is 0 Å². The zero-order valence-corrected chi connectivity index (χ0v) is 18.3. The molecule has 32 heavy (non-hydrogen) atoms. The van der Waals surface area contributed by atoms with Crippen LogP contribution in [0.15, 0.2) is 42.6 Å². The van der Waals surface area contributed by atoms with E-state index in [-0.39, 0.29) is 42.0 Å². The van der Waals surface area contributed by atoms with Crippen LogP contribution in [0.4, 0.5) is 13.2 Å². The van der Waals surface area contributed by atoms with E-state index in [1.807, 2.05) is 25.1 Å². The summed E-state index contributed by atoms with van der Waals surface area (Å²) >= 11 is 0. The summed E-state index contributed by atoms with van der Waals surface area (Å²) in [5, 5.41) is 4.01. The predicted octanol–water partition coefficient (Wildman–Crippen LogP) is 5.36. The molecule has 0 bridgehead atoms. The van der Waals surface area contributed by atoms with Gasteiger partial charge in [0.15, 0.2) is 0 Å². The Morgan fingerprint density at radius 3 is 2.56 bits per heavy atom. The van der Waals surface area contributed by atoms with Crippen LogP contribution in [0.2, 0.25) is 0 Å². The lowest BCUT2D eigenvalue weighted by Crippen LogP contribution is -2.43. The Hall–Kier alpha value is -2.64. The number of aromatic nitrogens is 1. The van der Waals surface area contributed by atoms with Crippen LogP contribution in [0.1, 0.15) is 39.9 Å². The van der Waals surface area contributed by atoms with Crippen LogP contribution in [0.3, 0.4) is 0 Å². The van der Waals surface area contributed by atoms with Crippen molar-refractivity contribution in [3.8, 4) is 11.1 Å². The Bertz CT molecular complexity index is 1190. The minimum Gasteiger partial charge on any atom is -0.331 e. The smallest absolute Gasteiger partial charge is 0.331 e. The van der Waals surface area contributed by atoms with Gasteiger partial charge in [-0.1, -0.05) is 18.2 Å². The first-order chi connectivity index (χ1) is 14.8. The summed E-state index contributed by atoms with van der Waals surface area (Å²) in [6.45, 7) is 3.47. The lowest BCUT2D eigenvalue weighted by atomic mass is 9.92. The number of halogens is 4. The minimum atomic E-state index is -4.54. The molecule has 1 N–H and O–H groups in total. The second-order valence-electron chi connectivity index (χ2n) is 8.29. The van der Waals surface area contributed by atoms with Gasteiger partial charge in [0.25, 0.3) is 5.91 Å². The number of hydrogen-bond donors (Lipinski definition) is 1. The number of nitrogens with zero attached hydrogens (tertiary/aromatic N) is 2. The van der Waals surface area contributed by atoms with Crippen LogP contribution < -0.4 is 5.32 Å². The Balaban J connectivity index is 0.00000245. The number of hydrogen-bond acceptors (Lipinski definition) is 3. The zero-order chi connectivity index (χ0) is 21.8. The third kappa shape index (κ3) is 3.73. The lowest BCUT2D eigenvalue weighted by molar-refractivity contribution is -0.138. The maximum Gasteiger partial charge on any atom is 0.416 e. The fourth-order valence-electron chi connectivity index (χ4n) is 4.82. The first-order valence-electron chi connectivity index (χ1n) is 10.4. The predicted molar refractivity (Wildman–Crippen MR) is 120 cm³/mol. The van der Waals surface area contributed by atoms with Gasteiger partial charge in [0, 0.05) is 29.7 Å². The number of benzene rings is 2. The molecule has 0 radical (unpaired) electrons. The minimum absolute atomic E-state index is 0. The third-order valence-corrected chi connectivity index (χ3v) is 6.41. The molecule has 0 atom stereocenters. The highest BCUT2D eigenvalue weighted by molar-refractivity contribution is 6.02. The summed E-state index contributed by atoms with van der Waals surface area (Å²) in [6, 6.07) is 10.1. The second-order valence-corrected chi connectivity index (χ2v) is 8.29. The van der Waals surface area contributed by atoms with E-state index < -0.39 is 11.7 Å². The molecule has 5 rings (SSSR count). The molecule has 1 aromatic heterocycles. The molecule has 168 valence electrons. The number of rotatable bonds is 2. The first-order valence-corrected chi connectivity index (χ1v) is 10.4. The van der Waals surface area contributed by atoms with Crippen molar-refractivity contribution < 1.29 is 18.0 Å². The van der Waals surface area contributed by atoms with Gasteiger partial charge in [-0.05, 0) is 73.3 Å². The van der Waals surface area contributed by atoms with E-state index >= 15 is 0 Å². The molecule has 2 aromatic carbocycles. The molecule has 0 aliphatic carbocycles. The van der Waals surface area contributed by atoms with Crippen LogP contribution in [0.25, 0.3) is 22.0 Å². The van der Waals surface area contributed by atoms with Gasteiger partial charge in [-0.3, -0.25) is 9.78 Å². The standard InChI is InChI=1S/C24H22F3N3O.ClH/c1-14-4-5-17(18-3-2-8-29-22(14)18)15-11-19-20(21(12-15)24(25,26)27)13-30(23(19)31)16-6-9-28-10-7-16;/h2-5,8,11-12,16,28H,6-7,9-10,13H2,1H3;1H. The van der Waals surface area contributed by atoms with E-state index in [9.17, 15) is 18.0 Å². The number of carbonyl (C=O) groups excluding carboxylic acids is 1. The molecule has 0 unspecified atom stereocenters. The average molecular weight is 462 g/mol. The highest BCUT2D eigenvalue weighted by Crippen LogP contribution is 2.42. The van der Waals surface area contributed by atoms with Gasteiger partial charge < -0.3 is 10.2 Å². The normalized spacial score (nSPS) is 16.9. The second kappa shape index (κ2) is 8.37. The molecule has 4 nitrogen and oxygen atoms in total. The van der Waals surface area contributed by atoms with E-state index in [1.54, 1.807) is 23.2 Å². The van der Waals surface area contributed by atoms with Crippen molar-refractivity contribution in [2.75, 3.05) is 13.1 Å². The molecular weight excluding hydrogens is 439 g/mol. The largest absolute Gasteiger partial charge is 0.416 e. The van der Waals surface area contributed by atoms with Crippen molar-refractivity contribution in [3.05, 3.63) is 64.8 Å². The third-order valence-electron chi connectivity index (χ3n) is 6.41. The van der Waals surface area contributed by atoms with Crippen LogP contribution in [0, 0.1) is 6.92 Å². The number of piperidine rings is 1. The maximum absolute atomic E-state index is 14.1. The number of nitrogens with one attached hydrogen (secondary N) is 1. The summed E-state index contributed by atoms with van der Waals surface area (Å²) in [6.07, 6.45) is -1.36. The van der Waals surface area contributed by atoms with E-state index in [4.69, 9.17) is 0 Å². The van der Waals surface area contributed by atoms with Gasteiger partial charge in [0.05, 0.1) is 11.1 Å². The molecular formula is C24H23ClF3N3O. The fourth-order valence-corrected chi connectivity index (χ4v) is 4.82. The highest BCUT2D eigenvalue weighted by Gasteiger charge is 2.42. The first kappa shape index (κ1) is 22.6. The number of amides is 1. The molecule has 3 heterocycles. The van der Waals surface area contributed by atoms with Gasteiger partial charge >= 0.3 is 6.18 Å². The number of aryl methyl sites for hydroxylation is 1. The number of pyridine rings is 1. The van der Waals surface area contributed by atoms with Crippen LogP contribution in [0.5, 0.6) is 0 Å². The molecule has 1 fully saturated rings. The van der Waals surface area contributed by atoms with Crippen molar-refractivity contribution in [3.63, 3.8) is 0 Å². The van der Waals surface area contributed by atoms with Crippen molar-refractivity contribution >= 4 is 29.2 Å². The van der Waals surface area contributed by atoms with Crippen molar-refractivity contribution in [2.45, 2.75) is 38.5 Å². The molecule has 1 amide bonds. The van der Waals surface area contributed by atoms with E-state index in [1.165, 1.54) is 6.07 Å². The van der Waals surface area contributed by atoms with E-state index in [0.29, 0.717) is 11.1 Å². The number of fused-ring (bicyclic) bond motifs is 2. The van der Waals surface area contributed by atoms with Crippen molar-refractivity contribution in [2.24, 2.45) is 0 Å². The number of alkyl halides is 3. The van der Waals surface area contributed by atoms with Gasteiger partial charge in [-0.25, -0.2) is 0 Å². The summed E-state index contributed by atoms with van der Waals surface area (Å²) in [5.74, 6) is -0.302. The number of carbonyl (C=O) groups is 1. The summed E-state index contributed by atoms with van der Waals surface area (Å²) < 4.78 is 42.2. The fraction of sp³-hybridized carbons (Fsp3) is 0.333. The summed E-state index contributed by atoms with van der Waals surface area (Å²) in [4.78, 5) is 19.2. The average Bonchev–Trinajstić information content (AvgIpc) is 3.10. The van der Waals surface area contributed by atoms with Gasteiger partial charge in [-0.15, -0.1) is 12.4 Å². The van der Waals surface area contributed by atoms with Gasteiger partial charge in [0.1, 0.15) is 0 Å². The zero-order valence-electron chi connectivity index (χ0n) is 17.5. The maximum atomic E-state index is 14.1. The monoisotopic (exact) mass is 461 g/mol. The Morgan fingerprint density at radius 2 is 1.84 bits per heavy atom. The van der Waals surface area contributed by atoms with Crippen LogP contribution in [-0.2, 0) is 12.7 Å². The van der Waals surface area contributed by atoms with E-state index in [2.05, 4.69) is 10.3 Å². The quantitative estimate of drug-likeness (QED) is 0.559. The molecule has 1 saturated heterocycles. The molecule has 2 aliphatic heterocycles. The van der Waals surface area contributed by atoms with Crippen molar-refractivity contribution in [1.29, 1.82) is 0 Å². The molecule has 3 aromatic rings. The summed E-state index contributed by atoms with van der Waals surface area (Å²) in [5.41, 5.74) is 2.28. The van der Waals surface area contributed by atoms with Crippen molar-refractivity contribution in [1.82, 2.24) is 15.2 Å². The van der Waals surface area contributed by atoms with Crippen LogP contribution in [-0.4, -0.2) is 34.9 Å². The summed E-state index contributed by atoms with van der Waals surface area (Å²) in [7, 11) is 0. The topological polar surface area (TPSA) is 45.2 Å². The molecule has 2 aliphatic rings. The molecule has 8 heteroatoms. The molecule has 0 spiro atoms. The highest BCUT2D eigenvalue weighted by atomic mass is 35.5. The molecule has 0 saturated carbocycles. The SMILES string of the molecule is Cc1ccc(-c2cc3c(c(C(F)(F)F)c2)CN(C2CCNCC2)C3=O)c2cccnc12.Cl. The Kier molecular flexibility index (Phi) is 5.90. The Labute approximate surface area is 190 Å². The Morgan fingerprint density at radius 1 is 1.09 bits per heavy atom. The van der Waals surface area contributed by atoms with Crippen LogP contribution >= 0.6 is 12.4 Å². The lowest BCUT2D eigenvalue weighted by Gasteiger charge is -2.31.